The molecule has 0 unspecified atom stereocenters. The van der Waals surface area contributed by atoms with Gasteiger partial charge in [-0.25, -0.2) is 0 Å². The molecule has 9 rings (SSSR count). The SMILES string of the molecule is c1ccc(-c2cccc(N(c3ccc4ccc5ccccc5c4c3)c3ccc4c5ccccc5c5ccccc5c4c3)c2)cc1. The number of hydrogen-bond donors (Lipinski definition) is 0. The molecule has 45 heavy (non-hydrogen) atoms. The summed E-state index contributed by atoms with van der Waals surface area (Å²) >= 11 is 0. The van der Waals surface area contributed by atoms with Crippen LogP contribution in [0.3, 0.4) is 0 Å². The van der Waals surface area contributed by atoms with Crippen LogP contribution >= 0.6 is 0 Å². The van der Waals surface area contributed by atoms with E-state index in [1.54, 1.807) is 0 Å². The summed E-state index contributed by atoms with van der Waals surface area (Å²) in [4.78, 5) is 2.41. The van der Waals surface area contributed by atoms with Gasteiger partial charge in [0.25, 0.3) is 0 Å². The summed E-state index contributed by atoms with van der Waals surface area (Å²) in [6.07, 6.45) is 0. The first-order valence-corrected chi connectivity index (χ1v) is 15.5. The molecule has 0 N–H and O–H groups in total. The molecule has 0 radical (unpaired) electrons. The number of nitrogens with zero attached hydrogens (tertiary/aromatic N) is 1. The highest BCUT2D eigenvalue weighted by molar-refractivity contribution is 6.25. The van der Waals surface area contributed by atoms with Gasteiger partial charge in [0.1, 0.15) is 0 Å². The van der Waals surface area contributed by atoms with E-state index in [1.807, 2.05) is 0 Å². The van der Waals surface area contributed by atoms with E-state index in [2.05, 4.69) is 181 Å². The molecule has 0 aromatic heterocycles. The van der Waals surface area contributed by atoms with Crippen LogP contribution in [0.1, 0.15) is 0 Å². The highest BCUT2D eigenvalue weighted by Gasteiger charge is 2.17. The molecule has 0 bridgehead atoms. The molecule has 0 aliphatic heterocycles. The van der Waals surface area contributed by atoms with Crippen molar-refractivity contribution in [3.8, 4) is 11.1 Å². The summed E-state index contributed by atoms with van der Waals surface area (Å²) in [7, 11) is 0. The van der Waals surface area contributed by atoms with Gasteiger partial charge >= 0.3 is 0 Å². The third kappa shape index (κ3) is 4.24. The Balaban J connectivity index is 1.33. The van der Waals surface area contributed by atoms with Crippen molar-refractivity contribution in [2.45, 2.75) is 0 Å². The molecule has 0 amide bonds. The Bertz CT molecular complexity index is 2510. The van der Waals surface area contributed by atoms with Crippen LogP contribution in [-0.2, 0) is 0 Å². The van der Waals surface area contributed by atoms with E-state index in [4.69, 9.17) is 0 Å². The van der Waals surface area contributed by atoms with Gasteiger partial charge in [-0.1, -0.05) is 140 Å². The molecule has 9 aromatic carbocycles. The lowest BCUT2D eigenvalue weighted by Crippen LogP contribution is -2.10. The smallest absolute Gasteiger partial charge is 0.0468 e. The minimum atomic E-state index is 1.13. The third-order valence-electron chi connectivity index (χ3n) is 9.19. The van der Waals surface area contributed by atoms with Crippen LogP contribution in [0.15, 0.2) is 176 Å². The maximum atomic E-state index is 2.41. The highest BCUT2D eigenvalue weighted by Crippen LogP contribution is 2.42. The topological polar surface area (TPSA) is 3.24 Å². The van der Waals surface area contributed by atoms with Crippen molar-refractivity contribution in [2.75, 3.05) is 4.90 Å². The average molecular weight is 572 g/mol. The van der Waals surface area contributed by atoms with Crippen molar-refractivity contribution in [3.63, 3.8) is 0 Å². The maximum Gasteiger partial charge on any atom is 0.0468 e. The van der Waals surface area contributed by atoms with E-state index < -0.39 is 0 Å². The molecule has 0 heterocycles. The Hall–Kier alpha value is -5.92. The fourth-order valence-electron chi connectivity index (χ4n) is 7.07. The van der Waals surface area contributed by atoms with E-state index >= 15 is 0 Å². The Kier molecular flexibility index (Phi) is 5.89. The molecular weight excluding hydrogens is 542 g/mol. The second-order valence-corrected chi connectivity index (χ2v) is 11.8. The third-order valence-corrected chi connectivity index (χ3v) is 9.19. The number of fused-ring (bicyclic) bond motifs is 9. The predicted octanol–water partition coefficient (Wildman–Crippen LogP) is 12.6. The second kappa shape index (κ2) is 10.4. The fourth-order valence-corrected chi connectivity index (χ4v) is 7.07. The van der Waals surface area contributed by atoms with Gasteiger partial charge in [-0.2, -0.15) is 0 Å². The molecule has 1 nitrogen and oxygen atoms in total. The molecule has 0 fully saturated rings. The molecular formula is C44H29N. The van der Waals surface area contributed by atoms with Crippen LogP contribution < -0.4 is 4.90 Å². The molecule has 0 atom stereocenters. The van der Waals surface area contributed by atoms with Gasteiger partial charge in [-0.05, 0) is 101 Å². The number of rotatable bonds is 4. The van der Waals surface area contributed by atoms with Crippen molar-refractivity contribution < 1.29 is 0 Å². The Morgan fingerprint density at radius 3 is 1.42 bits per heavy atom. The lowest BCUT2D eigenvalue weighted by atomic mass is 9.94. The van der Waals surface area contributed by atoms with Crippen molar-refractivity contribution in [1.82, 2.24) is 0 Å². The minimum absolute atomic E-state index is 1.13. The van der Waals surface area contributed by atoms with Gasteiger partial charge in [0.2, 0.25) is 0 Å². The molecule has 0 aliphatic carbocycles. The van der Waals surface area contributed by atoms with Gasteiger partial charge in [-0.3, -0.25) is 0 Å². The quantitative estimate of drug-likeness (QED) is 0.190. The lowest BCUT2D eigenvalue weighted by Gasteiger charge is -2.27. The summed E-state index contributed by atoms with van der Waals surface area (Å²) in [5.74, 6) is 0. The second-order valence-electron chi connectivity index (χ2n) is 11.8. The van der Waals surface area contributed by atoms with E-state index in [0.29, 0.717) is 0 Å². The zero-order valence-corrected chi connectivity index (χ0v) is 24.7. The number of anilines is 3. The Morgan fingerprint density at radius 2 is 0.711 bits per heavy atom. The van der Waals surface area contributed by atoms with Gasteiger partial charge in [0.05, 0.1) is 0 Å². The maximum absolute atomic E-state index is 2.41. The van der Waals surface area contributed by atoms with E-state index in [0.717, 1.165) is 17.1 Å². The van der Waals surface area contributed by atoms with Crippen LogP contribution in [0, 0.1) is 0 Å². The fraction of sp³-hybridized carbons (Fsp3) is 0. The molecule has 9 aromatic rings. The van der Waals surface area contributed by atoms with Gasteiger partial charge in [0.15, 0.2) is 0 Å². The summed E-state index contributed by atoms with van der Waals surface area (Å²) in [6.45, 7) is 0. The van der Waals surface area contributed by atoms with Crippen molar-refractivity contribution >= 4 is 70.9 Å². The average Bonchev–Trinajstić information content (AvgIpc) is 3.12. The Morgan fingerprint density at radius 1 is 0.244 bits per heavy atom. The van der Waals surface area contributed by atoms with Crippen molar-refractivity contribution in [2.24, 2.45) is 0 Å². The number of hydrogen-bond acceptors (Lipinski definition) is 1. The first-order valence-electron chi connectivity index (χ1n) is 15.5. The van der Waals surface area contributed by atoms with E-state index in [-0.39, 0.29) is 0 Å². The zero-order valence-electron chi connectivity index (χ0n) is 24.7. The monoisotopic (exact) mass is 571 g/mol. The largest absolute Gasteiger partial charge is 0.310 e. The molecule has 210 valence electrons. The zero-order chi connectivity index (χ0) is 29.7. The van der Waals surface area contributed by atoms with Crippen molar-refractivity contribution in [1.29, 1.82) is 0 Å². The Labute approximate surface area is 262 Å². The summed E-state index contributed by atoms with van der Waals surface area (Å²) < 4.78 is 0. The van der Waals surface area contributed by atoms with Crippen LogP contribution in [0.2, 0.25) is 0 Å². The van der Waals surface area contributed by atoms with Gasteiger partial charge in [0, 0.05) is 17.1 Å². The van der Waals surface area contributed by atoms with Crippen LogP contribution in [0.4, 0.5) is 17.1 Å². The molecule has 0 saturated carbocycles. The summed E-state index contributed by atoms with van der Waals surface area (Å²) in [5, 5.41) is 12.7. The number of benzene rings is 9. The first-order chi connectivity index (χ1) is 22.3. The normalized spacial score (nSPS) is 11.6. The van der Waals surface area contributed by atoms with Crippen LogP contribution in [0.5, 0.6) is 0 Å². The van der Waals surface area contributed by atoms with Crippen molar-refractivity contribution in [3.05, 3.63) is 176 Å². The van der Waals surface area contributed by atoms with Gasteiger partial charge in [-0.15, -0.1) is 0 Å². The lowest BCUT2D eigenvalue weighted by molar-refractivity contribution is 1.30. The molecule has 0 saturated heterocycles. The van der Waals surface area contributed by atoms with Crippen LogP contribution in [-0.4, -0.2) is 0 Å². The highest BCUT2D eigenvalue weighted by atomic mass is 15.1. The molecule has 1 heteroatoms. The van der Waals surface area contributed by atoms with E-state index in [9.17, 15) is 0 Å². The molecule has 0 spiro atoms. The summed E-state index contributed by atoms with van der Waals surface area (Å²) in [6, 6.07) is 64.1. The minimum Gasteiger partial charge on any atom is -0.310 e. The summed E-state index contributed by atoms with van der Waals surface area (Å²) in [5.41, 5.74) is 5.79. The van der Waals surface area contributed by atoms with E-state index in [1.165, 1.54) is 65.0 Å². The van der Waals surface area contributed by atoms with Crippen LogP contribution in [0.25, 0.3) is 65.0 Å². The van der Waals surface area contributed by atoms with Gasteiger partial charge < -0.3 is 4.90 Å². The first kappa shape index (κ1) is 25.6. The molecule has 0 aliphatic rings. The predicted molar refractivity (Wildman–Crippen MR) is 194 cm³/mol. The standard InChI is InChI=1S/C44H29N/c1-2-11-30(12-3-1)33-14-10-15-34(27-33)45(35-24-23-32-22-21-31-13-4-5-16-37(31)43(32)28-35)36-25-26-42-40-19-7-6-17-38(40)39-18-8-9-20-41(39)44(42)29-36/h1-29H.